The number of nitrogens with one attached hydrogen (secondary N) is 1. The van der Waals surface area contributed by atoms with E-state index in [4.69, 9.17) is 9.47 Å². The molecular formula is C14H18N4O2. The molecule has 1 aliphatic heterocycles. The molecule has 2 heterocycles. The van der Waals surface area contributed by atoms with E-state index >= 15 is 0 Å². The van der Waals surface area contributed by atoms with Gasteiger partial charge in [0.1, 0.15) is 19.0 Å². The highest BCUT2D eigenvalue weighted by Crippen LogP contribution is 2.33. The maximum absolute atomic E-state index is 5.61. The molecular weight excluding hydrogens is 256 g/mol. The first-order valence-electron chi connectivity index (χ1n) is 6.67. The van der Waals surface area contributed by atoms with Crippen molar-refractivity contribution in [2.75, 3.05) is 18.5 Å². The normalized spacial score (nSPS) is 14.9. The molecule has 1 aliphatic rings. The Labute approximate surface area is 117 Å². The zero-order chi connectivity index (χ0) is 14.1. The number of aryl methyl sites for hydroxylation is 2. The second-order valence-electron chi connectivity index (χ2n) is 4.88. The second kappa shape index (κ2) is 5.03. The standard InChI is InChI=1S/C14H18N4O2/c1-9(15-14-16-10(2)17-18(14)3)11-4-5-12-13(8-11)20-7-6-19-12/h4-5,8-9H,6-7H2,1-3H3,(H,15,16,17). The van der Waals surface area contributed by atoms with Gasteiger partial charge in [-0.2, -0.15) is 10.1 Å². The summed E-state index contributed by atoms with van der Waals surface area (Å²) in [6.45, 7) is 5.16. The van der Waals surface area contributed by atoms with E-state index in [0.717, 1.165) is 28.8 Å². The van der Waals surface area contributed by atoms with Crippen molar-refractivity contribution in [2.24, 2.45) is 7.05 Å². The first-order chi connectivity index (χ1) is 9.63. The number of nitrogens with zero attached hydrogens (tertiary/aromatic N) is 3. The first kappa shape index (κ1) is 12.8. The van der Waals surface area contributed by atoms with Crippen LogP contribution in [0.2, 0.25) is 0 Å². The average molecular weight is 274 g/mol. The Morgan fingerprint density at radius 1 is 1.25 bits per heavy atom. The Kier molecular flexibility index (Phi) is 3.22. The van der Waals surface area contributed by atoms with Crippen molar-refractivity contribution in [1.29, 1.82) is 0 Å². The lowest BCUT2D eigenvalue weighted by atomic mass is 10.1. The van der Waals surface area contributed by atoms with Crippen molar-refractivity contribution < 1.29 is 9.47 Å². The summed E-state index contributed by atoms with van der Waals surface area (Å²) in [7, 11) is 1.87. The molecule has 0 radical (unpaired) electrons. The molecule has 1 N–H and O–H groups in total. The summed E-state index contributed by atoms with van der Waals surface area (Å²) in [6, 6.07) is 6.10. The number of hydrogen-bond donors (Lipinski definition) is 1. The van der Waals surface area contributed by atoms with Crippen LogP contribution in [0.4, 0.5) is 5.95 Å². The molecule has 106 valence electrons. The lowest BCUT2D eigenvalue weighted by Gasteiger charge is -2.21. The SMILES string of the molecule is Cc1nc(NC(C)c2ccc3c(c2)OCCO3)n(C)n1. The Balaban J connectivity index is 1.80. The summed E-state index contributed by atoms with van der Waals surface area (Å²) in [6.07, 6.45) is 0. The molecule has 0 aliphatic carbocycles. The fourth-order valence-corrected chi connectivity index (χ4v) is 2.24. The van der Waals surface area contributed by atoms with Gasteiger partial charge in [0.2, 0.25) is 5.95 Å². The molecule has 0 saturated carbocycles. The minimum absolute atomic E-state index is 0.105. The van der Waals surface area contributed by atoms with E-state index in [1.54, 1.807) is 4.68 Å². The lowest BCUT2D eigenvalue weighted by Crippen LogP contribution is -2.16. The third kappa shape index (κ3) is 2.41. The summed E-state index contributed by atoms with van der Waals surface area (Å²) >= 11 is 0. The van der Waals surface area contributed by atoms with Crippen molar-refractivity contribution in [3.05, 3.63) is 29.6 Å². The summed E-state index contributed by atoms with van der Waals surface area (Å²) in [4.78, 5) is 4.35. The molecule has 2 aromatic rings. The molecule has 1 aromatic carbocycles. The number of benzene rings is 1. The van der Waals surface area contributed by atoms with Gasteiger partial charge < -0.3 is 14.8 Å². The van der Waals surface area contributed by atoms with Crippen LogP contribution in [0.1, 0.15) is 24.4 Å². The van der Waals surface area contributed by atoms with Gasteiger partial charge in [-0.25, -0.2) is 4.68 Å². The third-order valence-corrected chi connectivity index (χ3v) is 3.28. The number of aromatic nitrogens is 3. The van der Waals surface area contributed by atoms with Gasteiger partial charge in [-0.05, 0) is 31.5 Å². The van der Waals surface area contributed by atoms with E-state index in [0.29, 0.717) is 13.2 Å². The largest absolute Gasteiger partial charge is 0.486 e. The van der Waals surface area contributed by atoms with Crippen LogP contribution >= 0.6 is 0 Å². The molecule has 20 heavy (non-hydrogen) atoms. The van der Waals surface area contributed by atoms with Crippen molar-refractivity contribution in [2.45, 2.75) is 19.9 Å². The molecule has 0 bridgehead atoms. The van der Waals surface area contributed by atoms with Gasteiger partial charge in [0.25, 0.3) is 0 Å². The maximum Gasteiger partial charge on any atom is 0.221 e. The fourth-order valence-electron chi connectivity index (χ4n) is 2.24. The fraction of sp³-hybridized carbons (Fsp3) is 0.429. The van der Waals surface area contributed by atoms with Crippen molar-refractivity contribution in [3.8, 4) is 11.5 Å². The quantitative estimate of drug-likeness (QED) is 0.928. The highest BCUT2D eigenvalue weighted by atomic mass is 16.6. The summed E-state index contributed by atoms with van der Waals surface area (Å²) in [5, 5.41) is 7.57. The van der Waals surface area contributed by atoms with Crippen LogP contribution in [-0.2, 0) is 7.05 Å². The van der Waals surface area contributed by atoms with Gasteiger partial charge in [0.15, 0.2) is 11.5 Å². The summed E-state index contributed by atoms with van der Waals surface area (Å²) in [5.74, 6) is 3.12. The van der Waals surface area contributed by atoms with Crippen LogP contribution in [-0.4, -0.2) is 28.0 Å². The Morgan fingerprint density at radius 2 is 2.00 bits per heavy atom. The van der Waals surface area contributed by atoms with Crippen LogP contribution in [0.25, 0.3) is 0 Å². The molecule has 1 unspecified atom stereocenters. The maximum atomic E-state index is 5.61. The molecule has 6 nitrogen and oxygen atoms in total. The minimum atomic E-state index is 0.105. The number of ether oxygens (including phenoxy) is 2. The Hall–Kier alpha value is -2.24. The van der Waals surface area contributed by atoms with E-state index in [-0.39, 0.29) is 6.04 Å². The average Bonchev–Trinajstić information content (AvgIpc) is 2.76. The Morgan fingerprint density at radius 3 is 2.70 bits per heavy atom. The molecule has 0 amide bonds. The van der Waals surface area contributed by atoms with E-state index < -0.39 is 0 Å². The van der Waals surface area contributed by atoms with E-state index in [2.05, 4.69) is 22.3 Å². The zero-order valence-electron chi connectivity index (χ0n) is 11.9. The summed E-state index contributed by atoms with van der Waals surface area (Å²) in [5.41, 5.74) is 1.12. The van der Waals surface area contributed by atoms with Crippen LogP contribution in [0.15, 0.2) is 18.2 Å². The van der Waals surface area contributed by atoms with E-state index in [9.17, 15) is 0 Å². The van der Waals surface area contributed by atoms with Crippen molar-refractivity contribution in [1.82, 2.24) is 14.8 Å². The van der Waals surface area contributed by atoms with Crippen LogP contribution in [0, 0.1) is 6.92 Å². The summed E-state index contributed by atoms with van der Waals surface area (Å²) < 4.78 is 12.9. The predicted octanol–water partition coefficient (Wildman–Crippen LogP) is 2.07. The predicted molar refractivity (Wildman–Crippen MR) is 75.2 cm³/mol. The van der Waals surface area contributed by atoms with Gasteiger partial charge in [-0.3, -0.25) is 0 Å². The van der Waals surface area contributed by atoms with Gasteiger partial charge >= 0.3 is 0 Å². The first-order valence-corrected chi connectivity index (χ1v) is 6.67. The highest BCUT2D eigenvalue weighted by molar-refractivity contribution is 5.46. The topological polar surface area (TPSA) is 61.2 Å². The second-order valence-corrected chi connectivity index (χ2v) is 4.88. The highest BCUT2D eigenvalue weighted by Gasteiger charge is 2.15. The molecule has 1 aromatic heterocycles. The zero-order valence-corrected chi connectivity index (χ0v) is 11.9. The molecule has 0 spiro atoms. The van der Waals surface area contributed by atoms with Gasteiger partial charge in [0.05, 0.1) is 6.04 Å². The van der Waals surface area contributed by atoms with Gasteiger partial charge in [-0.1, -0.05) is 6.07 Å². The lowest BCUT2D eigenvalue weighted by molar-refractivity contribution is 0.171. The van der Waals surface area contributed by atoms with Gasteiger partial charge in [-0.15, -0.1) is 0 Å². The number of fused-ring (bicyclic) bond motifs is 1. The monoisotopic (exact) mass is 274 g/mol. The van der Waals surface area contributed by atoms with Gasteiger partial charge in [0, 0.05) is 7.05 Å². The number of anilines is 1. The molecule has 0 saturated heterocycles. The van der Waals surface area contributed by atoms with Crippen molar-refractivity contribution in [3.63, 3.8) is 0 Å². The molecule has 6 heteroatoms. The van der Waals surface area contributed by atoms with E-state index in [1.165, 1.54) is 0 Å². The molecule has 3 rings (SSSR count). The van der Waals surface area contributed by atoms with Crippen molar-refractivity contribution >= 4 is 5.95 Å². The number of hydrogen-bond acceptors (Lipinski definition) is 5. The number of rotatable bonds is 3. The smallest absolute Gasteiger partial charge is 0.221 e. The van der Waals surface area contributed by atoms with Crippen LogP contribution in [0.5, 0.6) is 11.5 Å². The minimum Gasteiger partial charge on any atom is -0.486 e. The Bertz CT molecular complexity index is 624. The van der Waals surface area contributed by atoms with Crippen LogP contribution < -0.4 is 14.8 Å². The van der Waals surface area contributed by atoms with E-state index in [1.807, 2.05) is 32.2 Å². The molecule has 1 atom stereocenters. The molecule has 0 fully saturated rings. The third-order valence-electron chi connectivity index (χ3n) is 3.28. The van der Waals surface area contributed by atoms with Crippen LogP contribution in [0.3, 0.4) is 0 Å².